The zero-order valence-electron chi connectivity index (χ0n) is 16.8. The number of carbonyl (C=O) groups excluding carboxylic acids is 1. The third kappa shape index (κ3) is 6.29. The molecule has 1 fully saturated rings. The van der Waals surface area contributed by atoms with Crippen LogP contribution in [0.4, 0.5) is 4.79 Å². The largest absolute Gasteiger partial charge is 0.465 e. The summed E-state index contributed by atoms with van der Waals surface area (Å²) in [5.74, 6) is 0.176. The molecule has 0 aromatic heterocycles. The Morgan fingerprint density at radius 2 is 1.57 bits per heavy atom. The molecule has 1 saturated carbocycles. The van der Waals surface area contributed by atoms with Crippen LogP contribution in [-0.2, 0) is 6.54 Å². The number of carboxylic acid groups (broad SMARTS) is 1. The van der Waals surface area contributed by atoms with E-state index in [1.165, 1.54) is 0 Å². The Morgan fingerprint density at radius 3 is 2.17 bits per heavy atom. The summed E-state index contributed by atoms with van der Waals surface area (Å²) in [7, 11) is 0. The maximum Gasteiger partial charge on any atom is 0.407 e. The second-order valence-corrected chi connectivity index (χ2v) is 8.01. The van der Waals surface area contributed by atoms with Crippen LogP contribution in [0.15, 0.2) is 60.7 Å². The minimum atomic E-state index is -0.870. The number of carbonyl (C=O) groups is 2. The first-order chi connectivity index (χ1) is 14.5. The number of benzene rings is 2. The van der Waals surface area contributed by atoms with Crippen molar-refractivity contribution >= 4 is 29.3 Å². The van der Waals surface area contributed by atoms with Gasteiger partial charge in [0.2, 0.25) is 0 Å². The summed E-state index contributed by atoms with van der Waals surface area (Å²) >= 11 is 5.24. The lowest BCUT2D eigenvalue weighted by Gasteiger charge is -2.35. The quantitative estimate of drug-likeness (QED) is 0.609. The predicted molar refractivity (Wildman–Crippen MR) is 120 cm³/mol. The van der Waals surface area contributed by atoms with Gasteiger partial charge >= 0.3 is 6.09 Å². The number of nitrogens with zero attached hydrogens (tertiary/aromatic N) is 1. The van der Waals surface area contributed by atoms with Gasteiger partial charge < -0.3 is 15.3 Å². The van der Waals surface area contributed by atoms with Gasteiger partial charge in [0.05, 0.1) is 0 Å². The summed E-state index contributed by atoms with van der Waals surface area (Å²) in [4.78, 5) is 25.5. The van der Waals surface area contributed by atoms with Gasteiger partial charge in [-0.1, -0.05) is 48.5 Å². The van der Waals surface area contributed by atoms with Gasteiger partial charge in [0, 0.05) is 24.7 Å². The van der Waals surface area contributed by atoms with Crippen molar-refractivity contribution in [3.8, 4) is 0 Å². The average Bonchev–Trinajstić information content (AvgIpc) is 2.77. The molecule has 3 rings (SSSR count). The molecule has 0 aliphatic heterocycles. The molecular weight excluding hydrogens is 398 g/mol. The molecule has 30 heavy (non-hydrogen) atoms. The first-order valence-corrected chi connectivity index (χ1v) is 10.6. The molecule has 2 amide bonds. The Hall–Kier alpha value is -2.93. The highest BCUT2D eigenvalue weighted by Crippen LogP contribution is 2.28. The molecule has 158 valence electrons. The molecule has 1 aliphatic rings. The van der Waals surface area contributed by atoms with E-state index in [2.05, 4.69) is 10.6 Å². The van der Waals surface area contributed by atoms with Crippen molar-refractivity contribution in [3.63, 3.8) is 0 Å². The Kier molecular flexibility index (Phi) is 7.79. The molecule has 7 heteroatoms. The maximum atomic E-state index is 12.1. The number of rotatable bonds is 6. The maximum absolute atomic E-state index is 12.1. The van der Waals surface area contributed by atoms with Crippen LogP contribution in [0.1, 0.15) is 41.6 Å². The van der Waals surface area contributed by atoms with E-state index in [1.54, 1.807) is 17.0 Å². The van der Waals surface area contributed by atoms with Crippen LogP contribution in [-0.4, -0.2) is 39.7 Å². The molecule has 0 atom stereocenters. The average molecular weight is 426 g/mol. The fourth-order valence-corrected chi connectivity index (χ4v) is 4.02. The van der Waals surface area contributed by atoms with Gasteiger partial charge in [0.15, 0.2) is 5.11 Å². The van der Waals surface area contributed by atoms with Crippen molar-refractivity contribution in [1.82, 2.24) is 15.5 Å². The number of hydrogen-bond donors (Lipinski definition) is 3. The van der Waals surface area contributed by atoms with Crippen LogP contribution in [0.5, 0.6) is 0 Å². The van der Waals surface area contributed by atoms with Crippen molar-refractivity contribution in [2.75, 3.05) is 6.54 Å². The van der Waals surface area contributed by atoms with E-state index in [-0.39, 0.29) is 11.9 Å². The highest BCUT2D eigenvalue weighted by Gasteiger charge is 2.28. The lowest BCUT2D eigenvalue weighted by molar-refractivity contribution is 0.0976. The normalized spacial score (nSPS) is 18.3. The van der Waals surface area contributed by atoms with Crippen LogP contribution in [0, 0.1) is 5.92 Å². The van der Waals surface area contributed by atoms with Crippen LogP contribution in [0.2, 0.25) is 0 Å². The van der Waals surface area contributed by atoms with Crippen molar-refractivity contribution < 1.29 is 14.7 Å². The standard InChI is InChI=1S/C23H27N3O3S/c27-21(19-9-5-2-6-10-19)25-22(30)24-15-17-11-13-20(14-12-17)26(23(28)29)16-18-7-3-1-4-8-18/h1-10,17,20H,11-16H2,(H,28,29)(H2,24,25,27,30)/t17-,20-. The van der Waals surface area contributed by atoms with E-state index in [4.69, 9.17) is 12.2 Å². The molecule has 0 bridgehead atoms. The van der Waals surface area contributed by atoms with E-state index in [0.717, 1.165) is 31.2 Å². The predicted octanol–water partition coefficient (Wildman–Crippen LogP) is 4.03. The summed E-state index contributed by atoms with van der Waals surface area (Å²) in [5.41, 5.74) is 1.57. The number of thiocarbonyl (C=S) groups is 1. The van der Waals surface area contributed by atoms with Gasteiger partial charge in [0.25, 0.3) is 5.91 Å². The molecule has 0 heterocycles. The molecule has 0 radical (unpaired) electrons. The summed E-state index contributed by atoms with van der Waals surface area (Å²) in [6.07, 6.45) is 2.63. The molecule has 2 aromatic carbocycles. The zero-order chi connectivity index (χ0) is 21.3. The fraction of sp³-hybridized carbons (Fsp3) is 0.348. The highest BCUT2D eigenvalue weighted by atomic mass is 32.1. The first-order valence-electron chi connectivity index (χ1n) is 10.2. The Bertz CT molecular complexity index is 853. The summed E-state index contributed by atoms with van der Waals surface area (Å²) in [6.45, 7) is 1.09. The van der Waals surface area contributed by atoms with Crippen molar-refractivity contribution in [2.24, 2.45) is 5.92 Å². The van der Waals surface area contributed by atoms with E-state index < -0.39 is 6.09 Å². The number of hydrogen-bond acceptors (Lipinski definition) is 3. The summed E-state index contributed by atoms with van der Waals surface area (Å²) in [5, 5.41) is 15.8. The zero-order valence-corrected chi connectivity index (χ0v) is 17.6. The van der Waals surface area contributed by atoms with E-state index in [9.17, 15) is 14.7 Å². The molecular formula is C23H27N3O3S. The van der Waals surface area contributed by atoms with Gasteiger partial charge in [-0.2, -0.15) is 0 Å². The second kappa shape index (κ2) is 10.7. The third-order valence-electron chi connectivity index (χ3n) is 5.51. The molecule has 0 spiro atoms. The smallest absolute Gasteiger partial charge is 0.407 e. The van der Waals surface area contributed by atoms with Gasteiger partial charge in [-0.25, -0.2) is 4.79 Å². The summed E-state index contributed by atoms with van der Waals surface area (Å²) < 4.78 is 0. The minimum Gasteiger partial charge on any atom is -0.465 e. The molecule has 0 unspecified atom stereocenters. The molecule has 2 aromatic rings. The summed E-state index contributed by atoms with van der Waals surface area (Å²) in [6, 6.07) is 18.7. The van der Waals surface area contributed by atoms with Crippen LogP contribution >= 0.6 is 12.2 Å². The molecule has 3 N–H and O–H groups in total. The van der Waals surface area contributed by atoms with Crippen LogP contribution in [0.3, 0.4) is 0 Å². The Labute approximate surface area is 182 Å². The van der Waals surface area contributed by atoms with Gasteiger partial charge in [-0.3, -0.25) is 10.1 Å². The lowest BCUT2D eigenvalue weighted by Crippen LogP contribution is -2.44. The van der Waals surface area contributed by atoms with Crippen LogP contribution < -0.4 is 10.6 Å². The Morgan fingerprint density at radius 1 is 0.967 bits per heavy atom. The highest BCUT2D eigenvalue weighted by molar-refractivity contribution is 7.80. The number of amides is 2. The Balaban J connectivity index is 1.43. The van der Waals surface area contributed by atoms with Gasteiger partial charge in [-0.15, -0.1) is 0 Å². The van der Waals surface area contributed by atoms with E-state index in [1.807, 2.05) is 48.5 Å². The topological polar surface area (TPSA) is 81.7 Å². The van der Waals surface area contributed by atoms with E-state index in [0.29, 0.717) is 29.7 Å². The van der Waals surface area contributed by atoms with Crippen molar-refractivity contribution in [1.29, 1.82) is 0 Å². The molecule has 6 nitrogen and oxygen atoms in total. The van der Waals surface area contributed by atoms with Crippen LogP contribution in [0.25, 0.3) is 0 Å². The fourth-order valence-electron chi connectivity index (χ4n) is 3.84. The minimum absolute atomic E-state index is 0.0312. The van der Waals surface area contributed by atoms with Crippen molar-refractivity contribution in [2.45, 2.75) is 38.3 Å². The SMILES string of the molecule is O=C(NC(=S)NC[C@H]1CC[C@H](N(Cc2ccccc2)C(=O)O)CC1)c1ccccc1. The molecule has 0 saturated heterocycles. The van der Waals surface area contributed by atoms with Gasteiger partial charge in [0.1, 0.15) is 0 Å². The third-order valence-corrected chi connectivity index (χ3v) is 5.76. The molecule has 1 aliphatic carbocycles. The second-order valence-electron chi connectivity index (χ2n) is 7.60. The lowest BCUT2D eigenvalue weighted by atomic mass is 9.85. The monoisotopic (exact) mass is 425 g/mol. The first kappa shape index (κ1) is 21.8. The van der Waals surface area contributed by atoms with Crippen molar-refractivity contribution in [3.05, 3.63) is 71.8 Å². The van der Waals surface area contributed by atoms with Gasteiger partial charge in [-0.05, 0) is 61.5 Å². The van der Waals surface area contributed by atoms with E-state index >= 15 is 0 Å². The number of nitrogens with one attached hydrogen (secondary N) is 2.